The van der Waals surface area contributed by atoms with Gasteiger partial charge in [0.15, 0.2) is 6.10 Å². The van der Waals surface area contributed by atoms with E-state index in [9.17, 15) is 19.5 Å². The number of nitrogens with one attached hydrogen (secondary N) is 1. The second kappa shape index (κ2) is 14.2. The van der Waals surface area contributed by atoms with E-state index in [2.05, 4.69) is 24.1 Å². The average Bonchev–Trinajstić information content (AvgIpc) is 3.36. The zero-order valence-corrected chi connectivity index (χ0v) is 23.7. The number of amides is 2. The summed E-state index contributed by atoms with van der Waals surface area (Å²) < 4.78 is 5.62. The molecule has 0 unspecified atom stereocenters. The van der Waals surface area contributed by atoms with Crippen molar-refractivity contribution in [2.24, 2.45) is 11.8 Å². The first-order chi connectivity index (χ1) is 17.4. The summed E-state index contributed by atoms with van der Waals surface area (Å²) in [5, 5.41) is 15.5. The van der Waals surface area contributed by atoms with Gasteiger partial charge in [0.2, 0.25) is 5.91 Å². The molecule has 5 atom stereocenters. The minimum atomic E-state index is -0.868. The number of ether oxygens (including phenoxy) is 1. The first kappa shape index (κ1) is 30.4. The maximum atomic E-state index is 12.9. The number of nitrogens with zero attached hydrogens (tertiary/aromatic N) is 2. The van der Waals surface area contributed by atoms with Gasteiger partial charge >= 0.3 is 5.97 Å². The van der Waals surface area contributed by atoms with Gasteiger partial charge in [-0.1, -0.05) is 64.4 Å². The van der Waals surface area contributed by atoms with Gasteiger partial charge < -0.3 is 20.1 Å². The highest BCUT2D eigenvalue weighted by Crippen LogP contribution is 2.31. The monoisotopic (exact) mass is 531 g/mol. The van der Waals surface area contributed by atoms with Gasteiger partial charge in [-0.05, 0) is 24.3 Å². The van der Waals surface area contributed by atoms with E-state index in [0.29, 0.717) is 23.4 Å². The van der Waals surface area contributed by atoms with Crippen LogP contribution in [0.25, 0.3) is 0 Å². The Bertz CT molecular complexity index is 1030. The van der Waals surface area contributed by atoms with Gasteiger partial charge in [0.25, 0.3) is 5.91 Å². The molecule has 2 aromatic rings. The largest absolute Gasteiger partial charge is 0.455 e. The molecule has 2 rings (SSSR count). The number of benzene rings is 1. The molecule has 0 radical (unpaired) electrons. The summed E-state index contributed by atoms with van der Waals surface area (Å²) in [6.45, 7) is 11.2. The molecular weight excluding hydrogens is 490 g/mol. The Hall–Kier alpha value is -2.78. The molecule has 0 aliphatic heterocycles. The van der Waals surface area contributed by atoms with Crippen LogP contribution in [-0.4, -0.2) is 51.9 Å². The zero-order chi connectivity index (χ0) is 27.7. The van der Waals surface area contributed by atoms with Crippen molar-refractivity contribution in [2.45, 2.75) is 85.1 Å². The Balaban J connectivity index is 2.17. The molecular formula is C28H41N3O5S. The second-order valence-electron chi connectivity index (χ2n) is 10.1. The third-order valence-electron chi connectivity index (χ3n) is 6.65. The minimum absolute atomic E-state index is 0.0554. The van der Waals surface area contributed by atoms with Crippen molar-refractivity contribution in [1.29, 1.82) is 0 Å². The Morgan fingerprint density at radius 1 is 1.14 bits per heavy atom. The van der Waals surface area contributed by atoms with Crippen molar-refractivity contribution in [2.75, 3.05) is 7.05 Å². The SMILES string of the molecule is CC[C@H](C)CC(=O)N(C)[C@H](C[C@@H](OC(C)=O)c1nc(C(=O)N[C@H](C)[C@@H](O)c2ccccc2)cs1)C(C)C. The molecule has 2 amide bonds. The number of hydrogen-bond acceptors (Lipinski definition) is 7. The van der Waals surface area contributed by atoms with E-state index < -0.39 is 30.1 Å². The fourth-order valence-electron chi connectivity index (χ4n) is 4.11. The summed E-state index contributed by atoms with van der Waals surface area (Å²) in [7, 11) is 1.79. The summed E-state index contributed by atoms with van der Waals surface area (Å²) in [5.41, 5.74) is 0.891. The molecule has 204 valence electrons. The van der Waals surface area contributed by atoms with E-state index in [4.69, 9.17) is 4.74 Å². The molecule has 0 aliphatic rings. The van der Waals surface area contributed by atoms with E-state index in [-0.39, 0.29) is 29.5 Å². The molecule has 0 aliphatic carbocycles. The van der Waals surface area contributed by atoms with Crippen LogP contribution in [0.4, 0.5) is 0 Å². The Morgan fingerprint density at radius 2 is 1.78 bits per heavy atom. The van der Waals surface area contributed by atoms with Crippen molar-refractivity contribution >= 4 is 29.1 Å². The number of hydrogen-bond donors (Lipinski definition) is 2. The van der Waals surface area contributed by atoms with Gasteiger partial charge in [-0.3, -0.25) is 14.4 Å². The number of carbonyl (C=O) groups excluding carboxylic acids is 3. The second-order valence-corrected chi connectivity index (χ2v) is 10.9. The Kier molecular flexibility index (Phi) is 11.7. The van der Waals surface area contributed by atoms with Gasteiger partial charge in [0, 0.05) is 38.2 Å². The van der Waals surface area contributed by atoms with Crippen LogP contribution in [0.2, 0.25) is 0 Å². The smallest absolute Gasteiger partial charge is 0.303 e. The summed E-state index contributed by atoms with van der Waals surface area (Å²) in [6.07, 6.45) is 0.197. The van der Waals surface area contributed by atoms with Gasteiger partial charge in [0.1, 0.15) is 10.7 Å². The lowest BCUT2D eigenvalue weighted by molar-refractivity contribution is -0.148. The number of aliphatic hydroxyl groups excluding tert-OH is 1. The maximum Gasteiger partial charge on any atom is 0.303 e. The van der Waals surface area contributed by atoms with E-state index in [0.717, 1.165) is 6.42 Å². The van der Waals surface area contributed by atoms with Crippen LogP contribution in [0.3, 0.4) is 0 Å². The lowest BCUT2D eigenvalue weighted by Gasteiger charge is -2.34. The van der Waals surface area contributed by atoms with Gasteiger partial charge in [-0.15, -0.1) is 11.3 Å². The van der Waals surface area contributed by atoms with Crippen molar-refractivity contribution in [3.63, 3.8) is 0 Å². The van der Waals surface area contributed by atoms with Gasteiger partial charge in [-0.2, -0.15) is 0 Å². The highest BCUT2D eigenvalue weighted by Gasteiger charge is 2.31. The Labute approximate surface area is 224 Å². The number of rotatable bonds is 13. The minimum Gasteiger partial charge on any atom is -0.455 e. The van der Waals surface area contributed by atoms with Crippen LogP contribution in [0.1, 0.15) is 94.1 Å². The molecule has 8 nitrogen and oxygen atoms in total. The third kappa shape index (κ3) is 8.93. The summed E-state index contributed by atoms with van der Waals surface area (Å²) in [5.74, 6) is -0.420. The lowest BCUT2D eigenvalue weighted by Crippen LogP contribution is -2.42. The van der Waals surface area contributed by atoms with Crippen molar-refractivity contribution in [1.82, 2.24) is 15.2 Å². The van der Waals surface area contributed by atoms with Crippen LogP contribution in [0.15, 0.2) is 35.7 Å². The van der Waals surface area contributed by atoms with E-state index >= 15 is 0 Å². The summed E-state index contributed by atoms with van der Waals surface area (Å²) >= 11 is 1.23. The standard InChI is InChI=1S/C28H41N3O5S/c1-8-18(4)14-25(33)31(7)23(17(2)3)15-24(36-20(6)32)28-30-22(16-37-28)27(35)29-19(5)26(34)21-12-10-9-11-13-21/h9-13,16-19,23-24,26,34H,8,14-15H2,1-7H3,(H,29,35)/t18-,19+,23+,24+,26+/m0/s1. The molecule has 0 fully saturated rings. The maximum absolute atomic E-state index is 12.9. The first-order valence-corrected chi connectivity index (χ1v) is 13.7. The van der Waals surface area contributed by atoms with Crippen LogP contribution in [0.5, 0.6) is 0 Å². The topological polar surface area (TPSA) is 109 Å². The molecule has 1 aromatic carbocycles. The molecule has 1 heterocycles. The average molecular weight is 532 g/mol. The molecule has 0 spiro atoms. The van der Waals surface area contributed by atoms with Gasteiger partial charge in [-0.25, -0.2) is 4.98 Å². The highest BCUT2D eigenvalue weighted by atomic mass is 32.1. The van der Waals surface area contributed by atoms with Crippen LogP contribution >= 0.6 is 11.3 Å². The predicted octanol–water partition coefficient (Wildman–Crippen LogP) is 4.91. The van der Waals surface area contributed by atoms with Crippen LogP contribution in [-0.2, 0) is 14.3 Å². The molecule has 2 N–H and O–H groups in total. The fourth-order valence-corrected chi connectivity index (χ4v) is 4.95. The molecule has 0 saturated carbocycles. The quantitative estimate of drug-likeness (QED) is 0.356. The normalized spacial score (nSPS) is 15.4. The Morgan fingerprint density at radius 3 is 2.35 bits per heavy atom. The fraction of sp³-hybridized carbons (Fsp3) is 0.571. The first-order valence-electron chi connectivity index (χ1n) is 12.9. The van der Waals surface area contributed by atoms with Crippen molar-refractivity contribution < 1.29 is 24.2 Å². The summed E-state index contributed by atoms with van der Waals surface area (Å²) in [6, 6.07) is 8.40. The zero-order valence-electron chi connectivity index (χ0n) is 22.9. The van der Waals surface area contributed by atoms with E-state index in [1.54, 1.807) is 36.4 Å². The van der Waals surface area contributed by atoms with E-state index in [1.807, 2.05) is 32.0 Å². The van der Waals surface area contributed by atoms with Crippen LogP contribution in [0, 0.1) is 11.8 Å². The molecule has 9 heteroatoms. The lowest BCUT2D eigenvalue weighted by atomic mass is 9.95. The number of carbonyl (C=O) groups is 3. The number of aliphatic hydroxyl groups is 1. The highest BCUT2D eigenvalue weighted by molar-refractivity contribution is 7.09. The number of esters is 1. The number of thiazole rings is 1. The van der Waals surface area contributed by atoms with E-state index in [1.165, 1.54) is 18.3 Å². The molecule has 0 saturated heterocycles. The van der Waals surface area contributed by atoms with Crippen molar-refractivity contribution in [3.8, 4) is 0 Å². The molecule has 1 aromatic heterocycles. The summed E-state index contributed by atoms with van der Waals surface area (Å²) in [4.78, 5) is 43.9. The third-order valence-corrected chi connectivity index (χ3v) is 7.58. The van der Waals surface area contributed by atoms with Crippen molar-refractivity contribution in [3.05, 3.63) is 52.0 Å². The molecule has 0 bridgehead atoms. The van der Waals surface area contributed by atoms with Gasteiger partial charge in [0.05, 0.1) is 12.1 Å². The molecule has 37 heavy (non-hydrogen) atoms. The predicted molar refractivity (Wildman–Crippen MR) is 145 cm³/mol. The van der Waals surface area contributed by atoms with Crippen LogP contribution < -0.4 is 5.32 Å². The number of aromatic nitrogens is 1.